The lowest BCUT2D eigenvalue weighted by Gasteiger charge is -2.33. The second-order valence-corrected chi connectivity index (χ2v) is 15.7. The molecule has 9 aromatic rings. The molecule has 1 atom stereocenters. The standard InChI is InChI=1S/C60H46N2/c1-5-13-45(14-6-1)48-21-23-49(24-22-48)52-29-39-56(40-30-52)61(55-19-11-4-12-20-55)57-41-31-53(32-42-57)54-33-43-60(44-34-54)62(58-35-25-50(26-36-58)46-15-7-2-8-16-46)59-37-27-51(28-38-59)47-17-9-3-10-18-47/h1-19,21-44,55H,20H2. The van der Waals surface area contributed by atoms with Crippen molar-refractivity contribution in [1.82, 2.24) is 0 Å². The van der Waals surface area contributed by atoms with Crippen LogP contribution in [0.5, 0.6) is 0 Å². The average Bonchev–Trinajstić information content (AvgIpc) is 3.36. The SMILES string of the molecule is C1=CCC(N(c2ccc(-c3ccc(-c4ccccc4)cc3)cc2)c2ccc(-c3ccc(N(c4ccc(-c5ccccc5)cc4)c4ccc(-c5ccccc5)cc4)cc3)cc2)C=C1. The van der Waals surface area contributed by atoms with Gasteiger partial charge < -0.3 is 9.80 Å². The number of nitrogens with zero attached hydrogens (tertiary/aromatic N) is 2. The molecule has 0 heterocycles. The van der Waals surface area contributed by atoms with Gasteiger partial charge in [-0.3, -0.25) is 0 Å². The van der Waals surface area contributed by atoms with Crippen molar-refractivity contribution in [2.45, 2.75) is 12.5 Å². The third-order valence-electron chi connectivity index (χ3n) is 11.8. The Hall–Kier alpha value is -7.94. The number of benzene rings is 9. The Kier molecular flexibility index (Phi) is 10.9. The van der Waals surface area contributed by atoms with Crippen LogP contribution in [-0.2, 0) is 0 Å². The van der Waals surface area contributed by atoms with Crippen LogP contribution in [0.3, 0.4) is 0 Å². The molecule has 0 aromatic heterocycles. The Balaban J connectivity index is 0.916. The van der Waals surface area contributed by atoms with Crippen molar-refractivity contribution in [2.75, 3.05) is 9.80 Å². The molecule has 0 aliphatic heterocycles. The molecule has 9 aromatic carbocycles. The first-order chi connectivity index (χ1) is 30.7. The van der Waals surface area contributed by atoms with Crippen LogP contribution in [0.25, 0.3) is 55.6 Å². The molecule has 0 N–H and O–H groups in total. The summed E-state index contributed by atoms with van der Waals surface area (Å²) in [7, 11) is 0. The van der Waals surface area contributed by atoms with E-state index >= 15 is 0 Å². The van der Waals surface area contributed by atoms with Crippen molar-refractivity contribution in [2.24, 2.45) is 0 Å². The summed E-state index contributed by atoms with van der Waals surface area (Å²) < 4.78 is 0. The third kappa shape index (κ3) is 8.28. The highest BCUT2D eigenvalue weighted by Crippen LogP contribution is 2.39. The number of hydrogen-bond acceptors (Lipinski definition) is 2. The molecular weight excluding hydrogens is 749 g/mol. The van der Waals surface area contributed by atoms with Gasteiger partial charge in [-0.05, 0) is 123 Å². The Labute approximate surface area is 365 Å². The third-order valence-corrected chi connectivity index (χ3v) is 11.8. The van der Waals surface area contributed by atoms with Gasteiger partial charge in [0.25, 0.3) is 0 Å². The lowest BCUT2D eigenvalue weighted by Crippen LogP contribution is -2.29. The molecule has 0 saturated carbocycles. The van der Waals surface area contributed by atoms with E-state index in [0.29, 0.717) is 0 Å². The summed E-state index contributed by atoms with van der Waals surface area (Å²) in [6, 6.07) is 85.5. The number of allylic oxidation sites excluding steroid dienone is 2. The number of rotatable bonds is 11. The summed E-state index contributed by atoms with van der Waals surface area (Å²) in [5.41, 5.74) is 17.7. The highest BCUT2D eigenvalue weighted by atomic mass is 15.2. The minimum absolute atomic E-state index is 0.218. The van der Waals surface area contributed by atoms with E-state index in [1.807, 2.05) is 0 Å². The number of hydrogen-bond donors (Lipinski definition) is 0. The molecule has 1 unspecified atom stereocenters. The fourth-order valence-corrected chi connectivity index (χ4v) is 8.52. The zero-order valence-corrected chi connectivity index (χ0v) is 34.5. The van der Waals surface area contributed by atoms with E-state index < -0.39 is 0 Å². The van der Waals surface area contributed by atoms with Crippen LogP contribution in [0.1, 0.15) is 6.42 Å². The average molecular weight is 795 g/mol. The van der Waals surface area contributed by atoms with E-state index in [1.54, 1.807) is 0 Å². The summed E-state index contributed by atoms with van der Waals surface area (Å²) in [4.78, 5) is 4.80. The summed E-state index contributed by atoms with van der Waals surface area (Å²) in [6.07, 6.45) is 9.82. The van der Waals surface area contributed by atoms with Crippen molar-refractivity contribution in [3.8, 4) is 55.6 Å². The maximum Gasteiger partial charge on any atom is 0.0559 e. The van der Waals surface area contributed by atoms with E-state index in [9.17, 15) is 0 Å². The summed E-state index contributed by atoms with van der Waals surface area (Å²) >= 11 is 0. The summed E-state index contributed by atoms with van der Waals surface area (Å²) in [6.45, 7) is 0. The van der Waals surface area contributed by atoms with Crippen molar-refractivity contribution in [3.05, 3.63) is 261 Å². The van der Waals surface area contributed by atoms with Crippen LogP contribution in [0.4, 0.5) is 28.4 Å². The van der Waals surface area contributed by atoms with Gasteiger partial charge in [0.15, 0.2) is 0 Å². The first-order valence-corrected chi connectivity index (χ1v) is 21.4. The summed E-state index contributed by atoms with van der Waals surface area (Å²) in [5.74, 6) is 0. The first kappa shape index (κ1) is 38.3. The molecule has 296 valence electrons. The molecule has 0 radical (unpaired) electrons. The zero-order chi connectivity index (χ0) is 41.5. The Morgan fingerprint density at radius 2 is 0.516 bits per heavy atom. The highest BCUT2D eigenvalue weighted by Gasteiger charge is 2.20. The minimum atomic E-state index is 0.218. The predicted molar refractivity (Wildman–Crippen MR) is 264 cm³/mol. The van der Waals surface area contributed by atoms with Crippen molar-refractivity contribution < 1.29 is 0 Å². The van der Waals surface area contributed by atoms with Gasteiger partial charge in [0, 0.05) is 28.4 Å². The maximum atomic E-state index is 2.46. The van der Waals surface area contributed by atoms with E-state index in [0.717, 1.165) is 23.5 Å². The van der Waals surface area contributed by atoms with Crippen molar-refractivity contribution >= 4 is 28.4 Å². The van der Waals surface area contributed by atoms with E-state index in [1.165, 1.54) is 67.0 Å². The molecular formula is C60H46N2. The van der Waals surface area contributed by atoms with E-state index in [-0.39, 0.29) is 6.04 Å². The quantitative estimate of drug-likeness (QED) is 0.129. The van der Waals surface area contributed by atoms with Crippen LogP contribution < -0.4 is 9.80 Å². The van der Waals surface area contributed by atoms with Gasteiger partial charge in [0.05, 0.1) is 6.04 Å². The zero-order valence-electron chi connectivity index (χ0n) is 34.5. The van der Waals surface area contributed by atoms with Gasteiger partial charge in [-0.2, -0.15) is 0 Å². The van der Waals surface area contributed by atoms with Crippen molar-refractivity contribution in [3.63, 3.8) is 0 Å². The molecule has 0 spiro atoms. The van der Waals surface area contributed by atoms with E-state index in [2.05, 4.69) is 271 Å². The van der Waals surface area contributed by atoms with Crippen LogP contribution in [0, 0.1) is 0 Å². The van der Waals surface area contributed by atoms with Gasteiger partial charge in [0.2, 0.25) is 0 Å². The fraction of sp³-hybridized carbons (Fsp3) is 0.0333. The molecule has 0 saturated heterocycles. The topological polar surface area (TPSA) is 6.48 Å². The first-order valence-electron chi connectivity index (χ1n) is 21.4. The molecule has 2 nitrogen and oxygen atoms in total. The summed E-state index contributed by atoms with van der Waals surface area (Å²) in [5, 5.41) is 0. The lowest BCUT2D eigenvalue weighted by atomic mass is 9.99. The lowest BCUT2D eigenvalue weighted by molar-refractivity contribution is 0.785. The van der Waals surface area contributed by atoms with E-state index in [4.69, 9.17) is 0 Å². The fourth-order valence-electron chi connectivity index (χ4n) is 8.52. The largest absolute Gasteiger partial charge is 0.334 e. The molecule has 0 fully saturated rings. The van der Waals surface area contributed by atoms with Crippen LogP contribution in [-0.4, -0.2) is 6.04 Å². The number of anilines is 5. The Bertz CT molecular complexity index is 2820. The van der Waals surface area contributed by atoms with Gasteiger partial charge in [-0.1, -0.05) is 200 Å². The monoisotopic (exact) mass is 794 g/mol. The normalized spacial score (nSPS) is 13.1. The van der Waals surface area contributed by atoms with Gasteiger partial charge in [-0.25, -0.2) is 0 Å². The van der Waals surface area contributed by atoms with Gasteiger partial charge in [0.1, 0.15) is 0 Å². The Morgan fingerprint density at radius 3 is 0.790 bits per heavy atom. The minimum Gasteiger partial charge on any atom is -0.334 e. The molecule has 1 aliphatic rings. The predicted octanol–water partition coefficient (Wildman–Crippen LogP) is 16.5. The highest BCUT2D eigenvalue weighted by molar-refractivity contribution is 5.82. The second-order valence-electron chi connectivity index (χ2n) is 15.7. The second kappa shape index (κ2) is 17.7. The maximum absolute atomic E-state index is 2.46. The van der Waals surface area contributed by atoms with Gasteiger partial charge in [-0.15, -0.1) is 0 Å². The van der Waals surface area contributed by atoms with Crippen LogP contribution in [0.2, 0.25) is 0 Å². The van der Waals surface area contributed by atoms with Crippen LogP contribution >= 0.6 is 0 Å². The molecule has 0 bridgehead atoms. The Morgan fingerprint density at radius 1 is 0.258 bits per heavy atom. The van der Waals surface area contributed by atoms with Gasteiger partial charge >= 0.3 is 0 Å². The molecule has 0 amide bonds. The molecule has 2 heteroatoms. The molecule has 10 rings (SSSR count). The molecule has 1 aliphatic carbocycles. The molecule has 62 heavy (non-hydrogen) atoms. The van der Waals surface area contributed by atoms with Crippen LogP contribution in [0.15, 0.2) is 261 Å². The smallest absolute Gasteiger partial charge is 0.0559 e. The van der Waals surface area contributed by atoms with Crippen molar-refractivity contribution in [1.29, 1.82) is 0 Å².